The normalized spacial score (nSPS) is 27.0. The molecule has 14 heavy (non-hydrogen) atoms. The molecule has 5 heteroatoms. The third kappa shape index (κ3) is 1.95. The number of rotatable bonds is 3. The average Bonchev–Trinajstić information content (AvgIpc) is 2.75. The van der Waals surface area contributed by atoms with Crippen molar-refractivity contribution in [2.45, 2.75) is 17.7 Å². The molecular formula is C9H14N2OS2. The van der Waals surface area contributed by atoms with Gasteiger partial charge in [-0.05, 0) is 12.7 Å². The molecule has 2 heterocycles. The third-order valence-electron chi connectivity index (χ3n) is 2.38. The minimum Gasteiger partial charge on any atom is -0.379 e. The fourth-order valence-corrected chi connectivity index (χ4v) is 3.14. The summed E-state index contributed by atoms with van der Waals surface area (Å²) in [5.74, 6) is 0.974. The van der Waals surface area contributed by atoms with Crippen molar-refractivity contribution < 1.29 is 4.74 Å². The Hall–Kier alpha value is -0.100. The van der Waals surface area contributed by atoms with Crippen LogP contribution in [0.5, 0.6) is 0 Å². The Labute approximate surface area is 92.1 Å². The molecule has 1 unspecified atom stereocenters. The molecule has 0 bridgehead atoms. The van der Waals surface area contributed by atoms with Gasteiger partial charge >= 0.3 is 0 Å². The number of nitrogens with zero attached hydrogens (tertiary/aromatic N) is 1. The predicted octanol–water partition coefficient (Wildman–Crippen LogP) is 1.58. The van der Waals surface area contributed by atoms with Crippen LogP contribution >= 0.6 is 23.1 Å². The van der Waals surface area contributed by atoms with E-state index in [1.807, 2.05) is 0 Å². The first kappa shape index (κ1) is 10.4. The Morgan fingerprint density at radius 3 is 3.29 bits per heavy atom. The Kier molecular flexibility index (Phi) is 3.11. The highest BCUT2D eigenvalue weighted by Crippen LogP contribution is 2.29. The minimum absolute atomic E-state index is 0.326. The van der Waals surface area contributed by atoms with Gasteiger partial charge in [0.15, 0.2) is 0 Å². The number of thioether (sulfide) groups is 1. The second kappa shape index (κ2) is 4.18. The fraction of sp³-hybridized carbons (Fsp3) is 0.667. The number of aromatic nitrogens is 1. The van der Waals surface area contributed by atoms with Gasteiger partial charge in [-0.3, -0.25) is 0 Å². The Morgan fingerprint density at radius 2 is 2.64 bits per heavy atom. The summed E-state index contributed by atoms with van der Waals surface area (Å²) in [7, 11) is 0. The molecule has 1 fully saturated rings. The molecule has 78 valence electrons. The van der Waals surface area contributed by atoms with E-state index in [1.54, 1.807) is 23.1 Å². The number of hydrogen-bond acceptors (Lipinski definition) is 5. The van der Waals surface area contributed by atoms with Crippen molar-refractivity contribution in [2.75, 3.05) is 19.5 Å². The van der Waals surface area contributed by atoms with Crippen molar-refractivity contribution in [1.29, 1.82) is 0 Å². The van der Waals surface area contributed by atoms with Crippen LogP contribution in [0.4, 0.5) is 0 Å². The first-order valence-electron chi connectivity index (χ1n) is 4.55. The lowest BCUT2D eigenvalue weighted by atomic mass is 9.97. The highest BCUT2D eigenvalue weighted by atomic mass is 32.2. The van der Waals surface area contributed by atoms with Gasteiger partial charge in [0.25, 0.3) is 0 Å². The van der Waals surface area contributed by atoms with Crippen LogP contribution in [-0.4, -0.2) is 24.5 Å². The van der Waals surface area contributed by atoms with Crippen molar-refractivity contribution >= 4 is 23.1 Å². The summed E-state index contributed by atoms with van der Waals surface area (Å²) in [6, 6.07) is 0. The van der Waals surface area contributed by atoms with E-state index in [0.717, 1.165) is 29.5 Å². The summed E-state index contributed by atoms with van der Waals surface area (Å²) in [4.78, 5) is 4.55. The van der Waals surface area contributed by atoms with Gasteiger partial charge in [-0.25, -0.2) is 4.98 Å². The van der Waals surface area contributed by atoms with Gasteiger partial charge in [0.1, 0.15) is 5.01 Å². The highest BCUT2D eigenvalue weighted by Gasteiger charge is 2.34. The molecule has 0 aliphatic carbocycles. The lowest BCUT2D eigenvalue weighted by Crippen LogP contribution is -2.37. The lowest BCUT2D eigenvalue weighted by Gasteiger charge is -2.18. The third-order valence-corrected chi connectivity index (χ3v) is 3.98. The first-order chi connectivity index (χ1) is 6.74. The monoisotopic (exact) mass is 230 g/mol. The summed E-state index contributed by atoms with van der Waals surface area (Å²) < 4.78 is 5.32. The molecule has 0 amide bonds. The van der Waals surface area contributed by atoms with Crippen LogP contribution < -0.4 is 5.73 Å². The van der Waals surface area contributed by atoms with Crippen molar-refractivity contribution in [3.8, 4) is 0 Å². The van der Waals surface area contributed by atoms with E-state index < -0.39 is 0 Å². The lowest BCUT2D eigenvalue weighted by molar-refractivity contribution is 0.177. The van der Waals surface area contributed by atoms with Crippen LogP contribution in [0.2, 0.25) is 0 Å². The van der Waals surface area contributed by atoms with E-state index in [2.05, 4.69) is 16.6 Å². The van der Waals surface area contributed by atoms with Crippen molar-refractivity contribution in [3.63, 3.8) is 0 Å². The average molecular weight is 230 g/mol. The van der Waals surface area contributed by atoms with Crippen LogP contribution in [0.3, 0.4) is 0 Å². The van der Waals surface area contributed by atoms with Crippen molar-refractivity contribution in [3.05, 3.63) is 16.1 Å². The zero-order valence-corrected chi connectivity index (χ0v) is 9.79. The van der Waals surface area contributed by atoms with E-state index in [1.165, 1.54) is 0 Å². The number of ether oxygens (including phenoxy) is 1. The smallest absolute Gasteiger partial charge is 0.103 e. The highest BCUT2D eigenvalue weighted by molar-refractivity contribution is 7.97. The zero-order valence-electron chi connectivity index (χ0n) is 8.16. The van der Waals surface area contributed by atoms with Crippen LogP contribution in [0, 0.1) is 0 Å². The van der Waals surface area contributed by atoms with Crippen molar-refractivity contribution in [2.24, 2.45) is 5.73 Å². The molecule has 0 saturated carbocycles. The van der Waals surface area contributed by atoms with E-state index in [9.17, 15) is 0 Å². The Balaban J connectivity index is 2.15. The second-order valence-electron chi connectivity index (χ2n) is 3.52. The Bertz CT molecular complexity index is 308. The fourth-order valence-electron chi connectivity index (χ4n) is 1.51. The first-order valence-corrected chi connectivity index (χ1v) is 6.82. The molecule has 1 saturated heterocycles. The SMILES string of the molecule is CSCc1nc(C2(N)CCOC2)cs1. The van der Waals surface area contributed by atoms with Crippen LogP contribution in [-0.2, 0) is 16.0 Å². The van der Waals surface area contributed by atoms with Crippen LogP contribution in [0.15, 0.2) is 5.38 Å². The van der Waals surface area contributed by atoms with Gasteiger partial charge in [-0.2, -0.15) is 11.8 Å². The van der Waals surface area contributed by atoms with Gasteiger partial charge in [-0.1, -0.05) is 0 Å². The summed E-state index contributed by atoms with van der Waals surface area (Å²) >= 11 is 3.48. The van der Waals surface area contributed by atoms with Gasteiger partial charge < -0.3 is 10.5 Å². The van der Waals surface area contributed by atoms with Gasteiger partial charge in [0.2, 0.25) is 0 Å². The van der Waals surface area contributed by atoms with Gasteiger partial charge in [0.05, 0.1) is 17.8 Å². The quantitative estimate of drug-likeness (QED) is 0.856. The van der Waals surface area contributed by atoms with E-state index in [0.29, 0.717) is 6.61 Å². The molecule has 3 nitrogen and oxygen atoms in total. The van der Waals surface area contributed by atoms with E-state index >= 15 is 0 Å². The molecule has 2 rings (SSSR count). The molecule has 2 N–H and O–H groups in total. The van der Waals surface area contributed by atoms with Crippen LogP contribution in [0.1, 0.15) is 17.1 Å². The number of thiazole rings is 1. The number of nitrogens with two attached hydrogens (primary N) is 1. The summed E-state index contributed by atoms with van der Waals surface area (Å²) in [5, 5.41) is 3.23. The number of hydrogen-bond donors (Lipinski definition) is 1. The van der Waals surface area contributed by atoms with Crippen LogP contribution in [0.25, 0.3) is 0 Å². The molecule has 1 aliphatic heterocycles. The van der Waals surface area contributed by atoms with Crippen molar-refractivity contribution in [1.82, 2.24) is 4.98 Å². The summed E-state index contributed by atoms with van der Waals surface area (Å²) in [6.07, 6.45) is 2.97. The summed E-state index contributed by atoms with van der Waals surface area (Å²) in [5.41, 5.74) is 6.88. The topological polar surface area (TPSA) is 48.1 Å². The maximum Gasteiger partial charge on any atom is 0.103 e. The maximum absolute atomic E-state index is 6.20. The molecule has 0 spiro atoms. The Morgan fingerprint density at radius 1 is 1.79 bits per heavy atom. The van der Waals surface area contributed by atoms with E-state index in [-0.39, 0.29) is 5.54 Å². The molecule has 1 aromatic heterocycles. The molecule has 1 aliphatic rings. The molecule has 0 aromatic carbocycles. The molecular weight excluding hydrogens is 216 g/mol. The second-order valence-corrected chi connectivity index (χ2v) is 5.33. The van der Waals surface area contributed by atoms with Gasteiger partial charge in [0, 0.05) is 17.7 Å². The minimum atomic E-state index is -0.326. The molecule has 0 radical (unpaired) electrons. The molecule has 1 atom stereocenters. The zero-order chi connectivity index (χ0) is 10.0. The standard InChI is InChI=1S/C9H14N2OS2/c1-13-5-8-11-7(4-14-8)9(10)2-3-12-6-9/h4H,2-3,5-6,10H2,1H3. The largest absolute Gasteiger partial charge is 0.379 e. The van der Waals surface area contributed by atoms with Gasteiger partial charge in [-0.15, -0.1) is 11.3 Å². The molecule has 1 aromatic rings. The predicted molar refractivity (Wildman–Crippen MR) is 60.6 cm³/mol. The summed E-state index contributed by atoms with van der Waals surface area (Å²) in [6.45, 7) is 1.36. The maximum atomic E-state index is 6.20. The van der Waals surface area contributed by atoms with E-state index in [4.69, 9.17) is 10.5 Å².